The molecular weight excluding hydrogens is 272 g/mol. The van der Waals surface area contributed by atoms with Crippen LogP contribution < -0.4 is 15.4 Å². The molecule has 0 aromatic carbocycles. The SMILES string of the molecule is CCNC(=O)C1CNCCN1C(=O)c1cccnc1OC. The largest absolute Gasteiger partial charge is 0.480 e. The maximum absolute atomic E-state index is 12.7. The molecule has 21 heavy (non-hydrogen) atoms. The van der Waals surface area contributed by atoms with Crippen LogP contribution in [0.2, 0.25) is 0 Å². The second-order valence-corrected chi connectivity index (χ2v) is 4.67. The van der Waals surface area contributed by atoms with Crippen molar-refractivity contribution in [3.05, 3.63) is 23.9 Å². The van der Waals surface area contributed by atoms with Gasteiger partial charge in [-0.3, -0.25) is 9.59 Å². The summed E-state index contributed by atoms with van der Waals surface area (Å²) in [6.45, 7) is 3.96. The third-order valence-corrected chi connectivity index (χ3v) is 3.35. The maximum atomic E-state index is 12.7. The number of aromatic nitrogens is 1. The van der Waals surface area contributed by atoms with E-state index in [-0.39, 0.29) is 17.7 Å². The lowest BCUT2D eigenvalue weighted by atomic mass is 10.1. The van der Waals surface area contributed by atoms with Crippen molar-refractivity contribution in [1.82, 2.24) is 20.5 Å². The van der Waals surface area contributed by atoms with Gasteiger partial charge in [0.2, 0.25) is 11.8 Å². The Morgan fingerprint density at radius 2 is 2.38 bits per heavy atom. The van der Waals surface area contributed by atoms with Gasteiger partial charge in [0.05, 0.1) is 7.11 Å². The zero-order valence-corrected chi connectivity index (χ0v) is 12.3. The molecule has 2 N–H and O–H groups in total. The minimum absolute atomic E-state index is 0.152. The molecule has 1 saturated heterocycles. The van der Waals surface area contributed by atoms with Crippen LogP contribution in [0.5, 0.6) is 5.88 Å². The first-order chi connectivity index (χ1) is 10.2. The average molecular weight is 292 g/mol. The third-order valence-electron chi connectivity index (χ3n) is 3.35. The molecule has 1 atom stereocenters. The van der Waals surface area contributed by atoms with Crippen LogP contribution in [-0.4, -0.2) is 61.0 Å². The highest BCUT2D eigenvalue weighted by Gasteiger charge is 2.33. The lowest BCUT2D eigenvalue weighted by Crippen LogP contribution is -2.59. The molecule has 114 valence electrons. The normalized spacial score (nSPS) is 18.2. The second kappa shape index (κ2) is 7.03. The highest BCUT2D eigenvalue weighted by Crippen LogP contribution is 2.18. The molecule has 1 unspecified atom stereocenters. The van der Waals surface area contributed by atoms with Crippen LogP contribution in [0.1, 0.15) is 17.3 Å². The molecule has 1 fully saturated rings. The van der Waals surface area contributed by atoms with Crippen molar-refractivity contribution in [2.24, 2.45) is 0 Å². The van der Waals surface area contributed by atoms with Crippen LogP contribution in [0.15, 0.2) is 18.3 Å². The summed E-state index contributed by atoms with van der Waals surface area (Å²) in [6.07, 6.45) is 1.56. The van der Waals surface area contributed by atoms with Gasteiger partial charge < -0.3 is 20.3 Å². The van der Waals surface area contributed by atoms with Crippen molar-refractivity contribution in [3.63, 3.8) is 0 Å². The van der Waals surface area contributed by atoms with Crippen molar-refractivity contribution in [2.75, 3.05) is 33.3 Å². The molecule has 0 aliphatic carbocycles. The summed E-state index contributed by atoms with van der Waals surface area (Å²) in [4.78, 5) is 30.4. The molecular formula is C14H20N4O3. The van der Waals surface area contributed by atoms with Gasteiger partial charge in [-0.2, -0.15) is 0 Å². The van der Waals surface area contributed by atoms with Crippen molar-refractivity contribution in [2.45, 2.75) is 13.0 Å². The minimum atomic E-state index is -0.517. The number of amides is 2. The van der Waals surface area contributed by atoms with Crippen molar-refractivity contribution in [1.29, 1.82) is 0 Å². The fourth-order valence-electron chi connectivity index (χ4n) is 2.34. The van der Waals surface area contributed by atoms with Gasteiger partial charge in [-0.05, 0) is 19.1 Å². The van der Waals surface area contributed by atoms with Gasteiger partial charge in [-0.1, -0.05) is 0 Å². The first-order valence-electron chi connectivity index (χ1n) is 6.97. The number of pyridine rings is 1. The Balaban J connectivity index is 2.24. The average Bonchev–Trinajstić information content (AvgIpc) is 2.54. The van der Waals surface area contributed by atoms with E-state index < -0.39 is 6.04 Å². The molecule has 0 radical (unpaired) electrons. The molecule has 1 aliphatic heterocycles. The monoisotopic (exact) mass is 292 g/mol. The maximum Gasteiger partial charge on any atom is 0.260 e. The third kappa shape index (κ3) is 3.30. The summed E-state index contributed by atoms with van der Waals surface area (Å²) in [7, 11) is 1.47. The van der Waals surface area contributed by atoms with Gasteiger partial charge in [-0.25, -0.2) is 4.98 Å². The first kappa shape index (κ1) is 15.2. The predicted octanol–water partition coefficient (Wildman–Crippen LogP) is -0.360. The van der Waals surface area contributed by atoms with E-state index in [1.807, 2.05) is 6.92 Å². The number of hydrogen-bond acceptors (Lipinski definition) is 5. The Morgan fingerprint density at radius 1 is 1.57 bits per heavy atom. The van der Waals surface area contributed by atoms with E-state index in [1.165, 1.54) is 7.11 Å². The number of ether oxygens (including phenoxy) is 1. The number of carbonyl (C=O) groups excluding carboxylic acids is 2. The number of nitrogens with zero attached hydrogens (tertiary/aromatic N) is 2. The molecule has 0 saturated carbocycles. The fraction of sp³-hybridized carbons (Fsp3) is 0.500. The summed E-state index contributed by atoms with van der Waals surface area (Å²) in [5.74, 6) is -0.116. The Hall–Kier alpha value is -2.15. The molecule has 0 bridgehead atoms. The lowest BCUT2D eigenvalue weighted by molar-refractivity contribution is -0.126. The highest BCUT2D eigenvalue weighted by molar-refractivity contribution is 5.99. The molecule has 1 aromatic rings. The van der Waals surface area contributed by atoms with E-state index >= 15 is 0 Å². The molecule has 2 amide bonds. The summed E-state index contributed by atoms with van der Waals surface area (Å²) in [5, 5.41) is 5.90. The van der Waals surface area contributed by atoms with Gasteiger partial charge in [0.25, 0.3) is 5.91 Å². The highest BCUT2D eigenvalue weighted by atomic mass is 16.5. The van der Waals surface area contributed by atoms with Crippen LogP contribution in [0, 0.1) is 0 Å². The van der Waals surface area contributed by atoms with Crippen molar-refractivity contribution < 1.29 is 14.3 Å². The number of piperazine rings is 1. The van der Waals surface area contributed by atoms with Gasteiger partial charge >= 0.3 is 0 Å². The van der Waals surface area contributed by atoms with Crippen molar-refractivity contribution in [3.8, 4) is 5.88 Å². The van der Waals surface area contributed by atoms with Crippen LogP contribution in [0.4, 0.5) is 0 Å². The van der Waals surface area contributed by atoms with E-state index in [2.05, 4.69) is 15.6 Å². The molecule has 7 heteroatoms. The van der Waals surface area contributed by atoms with Gasteiger partial charge in [0.1, 0.15) is 11.6 Å². The van der Waals surface area contributed by atoms with Gasteiger partial charge in [0.15, 0.2) is 0 Å². The molecule has 2 heterocycles. The topological polar surface area (TPSA) is 83.6 Å². The summed E-state index contributed by atoms with van der Waals surface area (Å²) in [5.41, 5.74) is 0.371. The minimum Gasteiger partial charge on any atom is -0.480 e. The standard InChI is InChI=1S/C14H20N4O3/c1-3-16-12(19)11-9-15-7-8-18(11)14(20)10-5-4-6-17-13(10)21-2/h4-6,11,15H,3,7-9H2,1-2H3,(H,16,19). The molecule has 7 nitrogen and oxygen atoms in total. The summed E-state index contributed by atoms with van der Waals surface area (Å²) >= 11 is 0. The molecule has 1 aliphatic rings. The summed E-state index contributed by atoms with van der Waals surface area (Å²) in [6, 6.07) is 2.82. The number of rotatable bonds is 4. The predicted molar refractivity (Wildman–Crippen MR) is 77.2 cm³/mol. The second-order valence-electron chi connectivity index (χ2n) is 4.67. The zero-order valence-electron chi connectivity index (χ0n) is 12.3. The van der Waals surface area contributed by atoms with Crippen LogP contribution in [-0.2, 0) is 4.79 Å². The first-order valence-corrected chi connectivity index (χ1v) is 6.97. The summed E-state index contributed by atoms with van der Waals surface area (Å²) < 4.78 is 5.13. The number of nitrogens with one attached hydrogen (secondary N) is 2. The number of likely N-dealkylation sites (N-methyl/N-ethyl adjacent to an activating group) is 1. The fourth-order valence-corrected chi connectivity index (χ4v) is 2.34. The zero-order chi connectivity index (χ0) is 15.2. The quantitative estimate of drug-likeness (QED) is 0.792. The molecule has 2 rings (SSSR count). The molecule has 0 spiro atoms. The lowest BCUT2D eigenvalue weighted by Gasteiger charge is -2.35. The van der Waals surface area contributed by atoms with E-state index in [1.54, 1.807) is 23.2 Å². The van der Waals surface area contributed by atoms with Crippen molar-refractivity contribution >= 4 is 11.8 Å². The van der Waals surface area contributed by atoms with Crippen LogP contribution in [0.25, 0.3) is 0 Å². The number of methoxy groups -OCH3 is 1. The van der Waals surface area contributed by atoms with Gasteiger partial charge in [-0.15, -0.1) is 0 Å². The molecule has 1 aromatic heterocycles. The van der Waals surface area contributed by atoms with E-state index in [0.29, 0.717) is 31.7 Å². The van der Waals surface area contributed by atoms with Crippen LogP contribution in [0.3, 0.4) is 0 Å². The Labute approximate surface area is 123 Å². The van der Waals surface area contributed by atoms with E-state index in [0.717, 1.165) is 0 Å². The number of hydrogen-bond donors (Lipinski definition) is 2. The smallest absolute Gasteiger partial charge is 0.260 e. The Kier molecular flexibility index (Phi) is 5.10. The van der Waals surface area contributed by atoms with Gasteiger partial charge in [0, 0.05) is 32.4 Å². The van der Waals surface area contributed by atoms with E-state index in [9.17, 15) is 9.59 Å². The Bertz CT molecular complexity index is 521. The van der Waals surface area contributed by atoms with Crippen LogP contribution >= 0.6 is 0 Å². The Morgan fingerprint density at radius 3 is 3.10 bits per heavy atom. The number of carbonyl (C=O) groups is 2. The van der Waals surface area contributed by atoms with E-state index in [4.69, 9.17) is 4.74 Å².